The van der Waals surface area contributed by atoms with Gasteiger partial charge in [0, 0.05) is 19.3 Å². The maximum atomic E-state index is 12.6. The van der Waals surface area contributed by atoms with E-state index >= 15 is 0 Å². The molecule has 0 aromatic carbocycles. The van der Waals surface area contributed by atoms with Gasteiger partial charge in [-0.3, -0.25) is 14.6 Å². The molecule has 0 spiro atoms. The molecule has 0 saturated carbocycles. The molecular formula is C19H25N5O4. The summed E-state index contributed by atoms with van der Waals surface area (Å²) >= 11 is 0. The van der Waals surface area contributed by atoms with Crippen LogP contribution < -0.4 is 10.6 Å². The molecule has 2 amide bonds. The molecule has 2 aromatic heterocycles. The molecule has 1 aliphatic rings. The Morgan fingerprint density at radius 2 is 2.21 bits per heavy atom. The summed E-state index contributed by atoms with van der Waals surface area (Å²) in [6.45, 7) is 2.56. The number of aromatic nitrogens is 3. The number of amides is 2. The van der Waals surface area contributed by atoms with Crippen molar-refractivity contribution < 1.29 is 19.4 Å². The topological polar surface area (TPSA) is 118 Å². The summed E-state index contributed by atoms with van der Waals surface area (Å²) < 4.78 is 7.29. The van der Waals surface area contributed by atoms with E-state index < -0.39 is 17.9 Å². The predicted molar refractivity (Wildman–Crippen MR) is 102 cm³/mol. The average Bonchev–Trinajstić information content (AvgIpc) is 3.16. The largest absolute Gasteiger partial charge is 0.391 e. The summed E-state index contributed by atoms with van der Waals surface area (Å²) in [6.07, 6.45) is 5.50. The highest BCUT2D eigenvalue weighted by atomic mass is 16.5. The van der Waals surface area contributed by atoms with Gasteiger partial charge in [0.15, 0.2) is 5.69 Å². The third-order valence-corrected chi connectivity index (χ3v) is 4.51. The number of hydrogen-bond acceptors (Lipinski definition) is 6. The summed E-state index contributed by atoms with van der Waals surface area (Å²) in [5.41, 5.74) is 0.576. The van der Waals surface area contributed by atoms with Crippen molar-refractivity contribution in [1.82, 2.24) is 20.1 Å². The highest BCUT2D eigenvalue weighted by molar-refractivity contribution is 6.07. The molecule has 150 valence electrons. The van der Waals surface area contributed by atoms with Gasteiger partial charge in [-0.05, 0) is 37.8 Å². The van der Waals surface area contributed by atoms with E-state index in [4.69, 9.17) is 4.74 Å². The first-order valence-electron chi connectivity index (χ1n) is 9.48. The summed E-state index contributed by atoms with van der Waals surface area (Å²) in [7, 11) is 0. The van der Waals surface area contributed by atoms with Gasteiger partial charge in [0.2, 0.25) is 0 Å². The molecular weight excluding hydrogens is 362 g/mol. The Labute approximate surface area is 163 Å². The lowest BCUT2D eigenvalue weighted by Gasteiger charge is -2.22. The first kappa shape index (κ1) is 20.0. The van der Waals surface area contributed by atoms with E-state index in [9.17, 15) is 14.7 Å². The molecule has 2 aromatic rings. The van der Waals surface area contributed by atoms with Crippen LogP contribution in [-0.2, 0) is 4.74 Å². The number of carbonyl (C=O) groups excluding carboxylic acids is 2. The van der Waals surface area contributed by atoms with Crippen LogP contribution in [0.25, 0.3) is 0 Å². The van der Waals surface area contributed by atoms with Gasteiger partial charge in [-0.25, -0.2) is 4.68 Å². The SMILES string of the molecule is CCC(O)CNC(=O)c1nn(C2CCCCO2)cc1NC(=O)c1ccccn1. The fourth-order valence-electron chi connectivity index (χ4n) is 2.85. The fourth-order valence-corrected chi connectivity index (χ4v) is 2.85. The number of ether oxygens (including phenoxy) is 1. The summed E-state index contributed by atoms with van der Waals surface area (Å²) in [4.78, 5) is 29.1. The van der Waals surface area contributed by atoms with Gasteiger partial charge in [-0.2, -0.15) is 5.10 Å². The second-order valence-electron chi connectivity index (χ2n) is 6.63. The predicted octanol–water partition coefficient (Wildman–Crippen LogP) is 1.73. The Bertz CT molecular complexity index is 802. The molecule has 3 rings (SSSR count). The van der Waals surface area contributed by atoms with E-state index in [-0.39, 0.29) is 29.8 Å². The van der Waals surface area contributed by atoms with Crippen LogP contribution >= 0.6 is 0 Å². The van der Waals surface area contributed by atoms with E-state index in [0.717, 1.165) is 19.3 Å². The summed E-state index contributed by atoms with van der Waals surface area (Å²) in [5.74, 6) is -0.911. The van der Waals surface area contributed by atoms with Crippen molar-refractivity contribution >= 4 is 17.5 Å². The quantitative estimate of drug-likeness (QED) is 0.666. The van der Waals surface area contributed by atoms with Crippen LogP contribution in [0.2, 0.25) is 0 Å². The molecule has 0 bridgehead atoms. The smallest absolute Gasteiger partial charge is 0.274 e. The van der Waals surface area contributed by atoms with Gasteiger partial charge in [0.1, 0.15) is 11.9 Å². The Morgan fingerprint density at radius 1 is 1.36 bits per heavy atom. The Morgan fingerprint density at radius 3 is 2.89 bits per heavy atom. The number of anilines is 1. The number of nitrogens with one attached hydrogen (secondary N) is 2. The van der Waals surface area contributed by atoms with Gasteiger partial charge in [0.05, 0.1) is 18.0 Å². The van der Waals surface area contributed by atoms with E-state index in [1.807, 2.05) is 6.92 Å². The first-order chi connectivity index (χ1) is 13.6. The fraction of sp³-hybridized carbons (Fsp3) is 0.474. The lowest BCUT2D eigenvalue weighted by Crippen LogP contribution is -2.32. The van der Waals surface area contributed by atoms with Crippen molar-refractivity contribution in [1.29, 1.82) is 0 Å². The molecule has 3 N–H and O–H groups in total. The van der Waals surface area contributed by atoms with Gasteiger partial charge < -0.3 is 20.5 Å². The van der Waals surface area contributed by atoms with Crippen molar-refractivity contribution in [2.45, 2.75) is 44.9 Å². The molecule has 2 unspecified atom stereocenters. The van der Waals surface area contributed by atoms with Gasteiger partial charge in [-0.15, -0.1) is 0 Å². The van der Waals surface area contributed by atoms with Crippen LogP contribution in [0.1, 0.15) is 59.8 Å². The maximum Gasteiger partial charge on any atom is 0.274 e. The molecule has 0 radical (unpaired) electrons. The Balaban J connectivity index is 1.81. The zero-order valence-electron chi connectivity index (χ0n) is 15.8. The average molecular weight is 387 g/mol. The minimum atomic E-state index is -0.640. The second kappa shape index (κ2) is 9.43. The molecule has 3 heterocycles. The van der Waals surface area contributed by atoms with Crippen LogP contribution in [0.3, 0.4) is 0 Å². The van der Waals surface area contributed by atoms with E-state index in [2.05, 4.69) is 20.7 Å². The van der Waals surface area contributed by atoms with Crippen LogP contribution in [0.15, 0.2) is 30.6 Å². The molecule has 9 nitrogen and oxygen atoms in total. The number of hydrogen-bond donors (Lipinski definition) is 3. The highest BCUT2D eigenvalue weighted by Gasteiger charge is 2.24. The minimum Gasteiger partial charge on any atom is -0.391 e. The molecule has 1 saturated heterocycles. The number of nitrogens with zero attached hydrogens (tertiary/aromatic N) is 3. The van der Waals surface area contributed by atoms with Crippen LogP contribution in [0, 0.1) is 0 Å². The zero-order chi connectivity index (χ0) is 19.9. The summed E-state index contributed by atoms with van der Waals surface area (Å²) in [6, 6.07) is 5.01. The van der Waals surface area contributed by atoms with Gasteiger partial charge in [-0.1, -0.05) is 13.0 Å². The lowest BCUT2D eigenvalue weighted by molar-refractivity contribution is -0.0395. The Kier molecular flexibility index (Phi) is 6.72. The number of pyridine rings is 1. The van der Waals surface area contributed by atoms with Crippen molar-refractivity contribution in [3.05, 3.63) is 42.0 Å². The molecule has 0 aliphatic carbocycles. The lowest BCUT2D eigenvalue weighted by atomic mass is 10.2. The van der Waals surface area contributed by atoms with Crippen molar-refractivity contribution in [2.24, 2.45) is 0 Å². The van der Waals surface area contributed by atoms with Crippen molar-refractivity contribution in [3.63, 3.8) is 0 Å². The Hall–Kier alpha value is -2.78. The number of aliphatic hydroxyl groups excluding tert-OH is 1. The number of aliphatic hydroxyl groups is 1. The highest BCUT2D eigenvalue weighted by Crippen LogP contribution is 2.25. The number of carbonyl (C=O) groups is 2. The first-order valence-corrected chi connectivity index (χ1v) is 9.48. The monoisotopic (exact) mass is 387 g/mol. The third-order valence-electron chi connectivity index (χ3n) is 4.51. The van der Waals surface area contributed by atoms with E-state index in [0.29, 0.717) is 13.0 Å². The van der Waals surface area contributed by atoms with Crippen LogP contribution in [0.5, 0.6) is 0 Å². The van der Waals surface area contributed by atoms with E-state index in [1.165, 1.54) is 6.20 Å². The standard InChI is InChI=1S/C19H25N5O4/c1-2-13(25)11-21-19(27)17-15(22-18(26)14-7-3-5-9-20-14)12-24(23-17)16-8-4-6-10-28-16/h3,5,7,9,12-13,16,25H,2,4,6,8,10-11H2,1H3,(H,21,27)(H,22,26). The molecule has 1 aliphatic heterocycles. The third kappa shape index (κ3) is 4.93. The normalized spacial score (nSPS) is 17.7. The minimum absolute atomic E-state index is 0.0711. The van der Waals surface area contributed by atoms with Gasteiger partial charge in [0.25, 0.3) is 11.8 Å². The van der Waals surface area contributed by atoms with Crippen molar-refractivity contribution in [2.75, 3.05) is 18.5 Å². The zero-order valence-corrected chi connectivity index (χ0v) is 15.8. The van der Waals surface area contributed by atoms with Gasteiger partial charge >= 0.3 is 0 Å². The van der Waals surface area contributed by atoms with E-state index in [1.54, 1.807) is 29.1 Å². The molecule has 28 heavy (non-hydrogen) atoms. The second-order valence-corrected chi connectivity index (χ2v) is 6.63. The molecule has 1 fully saturated rings. The van der Waals surface area contributed by atoms with Crippen LogP contribution in [-0.4, -0.2) is 50.9 Å². The maximum absolute atomic E-state index is 12.6. The van der Waals surface area contributed by atoms with Crippen molar-refractivity contribution in [3.8, 4) is 0 Å². The number of rotatable bonds is 7. The van der Waals surface area contributed by atoms with Crippen LogP contribution in [0.4, 0.5) is 5.69 Å². The summed E-state index contributed by atoms with van der Waals surface area (Å²) in [5, 5.41) is 19.4. The molecule has 9 heteroatoms. The molecule has 2 atom stereocenters.